The highest BCUT2D eigenvalue weighted by Crippen LogP contribution is 2.30. The van der Waals surface area contributed by atoms with Crippen LogP contribution in [0.25, 0.3) is 22.2 Å². The highest BCUT2D eigenvalue weighted by Gasteiger charge is 2.17. The molecule has 0 unspecified atom stereocenters. The zero-order chi connectivity index (χ0) is 18.4. The molecular weight excluding hydrogens is 368 g/mol. The second-order valence-corrected chi connectivity index (χ2v) is 7.40. The molecule has 0 atom stereocenters. The summed E-state index contributed by atoms with van der Waals surface area (Å²) in [4.78, 5) is 13.4. The van der Waals surface area contributed by atoms with E-state index in [1.807, 2.05) is 34.9 Å². The Kier molecular flexibility index (Phi) is 4.05. The minimum atomic E-state index is -0.122. The van der Waals surface area contributed by atoms with Crippen LogP contribution < -0.4 is 15.0 Å². The van der Waals surface area contributed by atoms with E-state index in [9.17, 15) is 4.79 Å². The molecule has 2 heterocycles. The molecule has 7 heteroatoms. The van der Waals surface area contributed by atoms with Crippen molar-refractivity contribution in [1.82, 2.24) is 8.97 Å². The van der Waals surface area contributed by atoms with Gasteiger partial charge in [0.1, 0.15) is 17.1 Å². The van der Waals surface area contributed by atoms with Crippen LogP contribution in [0.1, 0.15) is 5.56 Å². The molecule has 0 amide bonds. The molecule has 0 aliphatic heterocycles. The second-order valence-electron chi connectivity index (χ2n) is 5.89. The van der Waals surface area contributed by atoms with Gasteiger partial charge in [-0.2, -0.15) is 0 Å². The van der Waals surface area contributed by atoms with Crippen LogP contribution in [-0.4, -0.2) is 23.2 Å². The molecule has 0 fully saturated rings. The van der Waals surface area contributed by atoms with Gasteiger partial charge in [-0.1, -0.05) is 11.6 Å². The van der Waals surface area contributed by atoms with E-state index in [-0.39, 0.29) is 5.56 Å². The van der Waals surface area contributed by atoms with Crippen molar-refractivity contribution in [3.05, 3.63) is 61.6 Å². The average molecular weight is 384 g/mol. The van der Waals surface area contributed by atoms with Crippen LogP contribution in [0.5, 0.6) is 11.5 Å². The van der Waals surface area contributed by atoms with E-state index >= 15 is 0 Å². The number of aryl methyl sites for hydroxylation is 1. The molecule has 0 aliphatic rings. The van der Waals surface area contributed by atoms with Crippen molar-refractivity contribution in [2.24, 2.45) is 0 Å². The van der Waals surface area contributed by atoms with E-state index in [1.165, 1.54) is 11.3 Å². The summed E-state index contributed by atoms with van der Waals surface area (Å²) in [5.41, 5.74) is 3.02. The predicted molar refractivity (Wildman–Crippen MR) is 107 cm³/mol. The number of benzene rings is 2. The monoisotopic (exact) mass is 384 g/mol. The number of ether oxygens (including phenoxy) is 2. The Labute approximate surface area is 158 Å². The quantitative estimate of drug-likeness (QED) is 0.492. The standard InChI is InChI=1S/C19H16N2O3S2/c1-11-4-6-14-13(8-11)18(22)20(17-10-26-19(25)21(14)17)15-9-12(23-2)5-7-16(15)24-3/h4-10H,1-3H3. The normalized spacial score (nSPS) is 11.2. The maximum atomic E-state index is 13.4. The van der Waals surface area contributed by atoms with E-state index in [0.29, 0.717) is 32.2 Å². The minimum Gasteiger partial charge on any atom is -0.497 e. The Morgan fingerprint density at radius 1 is 1.08 bits per heavy atom. The van der Waals surface area contributed by atoms with Gasteiger partial charge in [-0.25, -0.2) is 0 Å². The van der Waals surface area contributed by atoms with E-state index in [1.54, 1.807) is 37.0 Å². The third-order valence-corrected chi connectivity index (χ3v) is 5.54. The number of nitrogens with zero attached hydrogens (tertiary/aromatic N) is 2. The molecule has 0 spiro atoms. The first-order valence-electron chi connectivity index (χ1n) is 7.93. The van der Waals surface area contributed by atoms with Crippen molar-refractivity contribution in [2.45, 2.75) is 6.92 Å². The van der Waals surface area contributed by atoms with Gasteiger partial charge < -0.3 is 9.47 Å². The highest BCUT2D eigenvalue weighted by atomic mass is 32.1. The molecule has 4 rings (SSSR count). The van der Waals surface area contributed by atoms with Gasteiger partial charge in [0.25, 0.3) is 5.56 Å². The number of hydrogen-bond donors (Lipinski definition) is 0. The fraction of sp³-hybridized carbons (Fsp3) is 0.158. The molecule has 0 bridgehead atoms. The molecule has 0 saturated heterocycles. The summed E-state index contributed by atoms with van der Waals surface area (Å²) in [5.74, 6) is 1.22. The molecular formula is C19H16N2O3S2. The van der Waals surface area contributed by atoms with Crippen LogP contribution in [0.2, 0.25) is 0 Å². The summed E-state index contributed by atoms with van der Waals surface area (Å²) < 4.78 is 15.1. The average Bonchev–Trinajstić information content (AvgIpc) is 3.03. The fourth-order valence-electron chi connectivity index (χ4n) is 3.12. The van der Waals surface area contributed by atoms with Gasteiger partial charge >= 0.3 is 0 Å². The Balaban J connectivity index is 2.25. The molecule has 4 aromatic rings. The number of hydrogen-bond acceptors (Lipinski definition) is 5. The number of fused-ring (bicyclic) bond motifs is 3. The van der Waals surface area contributed by atoms with Crippen molar-refractivity contribution in [2.75, 3.05) is 14.2 Å². The Morgan fingerprint density at radius 3 is 2.62 bits per heavy atom. The second kappa shape index (κ2) is 6.26. The summed E-state index contributed by atoms with van der Waals surface area (Å²) in [6.45, 7) is 1.96. The van der Waals surface area contributed by atoms with Gasteiger partial charge in [-0.3, -0.25) is 13.8 Å². The van der Waals surface area contributed by atoms with Crippen LogP contribution in [0.15, 0.2) is 46.6 Å². The largest absolute Gasteiger partial charge is 0.497 e. The third-order valence-electron chi connectivity index (χ3n) is 4.36. The van der Waals surface area contributed by atoms with Gasteiger partial charge in [-0.05, 0) is 43.4 Å². The van der Waals surface area contributed by atoms with Crippen molar-refractivity contribution >= 4 is 40.1 Å². The van der Waals surface area contributed by atoms with E-state index in [2.05, 4.69) is 0 Å². The first-order chi connectivity index (χ1) is 12.5. The predicted octanol–water partition coefficient (Wildman–Crippen LogP) is 4.36. The van der Waals surface area contributed by atoms with E-state index in [4.69, 9.17) is 21.7 Å². The Morgan fingerprint density at radius 2 is 1.88 bits per heavy atom. The van der Waals surface area contributed by atoms with Gasteiger partial charge in [-0.15, -0.1) is 11.3 Å². The lowest BCUT2D eigenvalue weighted by Crippen LogP contribution is -2.22. The topological polar surface area (TPSA) is 44.9 Å². The van der Waals surface area contributed by atoms with Gasteiger partial charge in [0.15, 0.2) is 3.95 Å². The first-order valence-corrected chi connectivity index (χ1v) is 9.22. The van der Waals surface area contributed by atoms with Crippen molar-refractivity contribution in [1.29, 1.82) is 0 Å². The summed E-state index contributed by atoms with van der Waals surface area (Å²) in [5, 5.41) is 2.50. The lowest BCUT2D eigenvalue weighted by atomic mass is 10.1. The molecule has 0 aliphatic carbocycles. The van der Waals surface area contributed by atoms with Crippen LogP contribution in [0.3, 0.4) is 0 Å². The Hall–Kier alpha value is -2.64. The summed E-state index contributed by atoms with van der Waals surface area (Å²) in [6, 6.07) is 11.2. The molecule has 0 N–H and O–H groups in total. The van der Waals surface area contributed by atoms with E-state index in [0.717, 1.165) is 11.1 Å². The summed E-state index contributed by atoms with van der Waals surface area (Å²) >= 11 is 6.94. The van der Waals surface area contributed by atoms with Gasteiger partial charge in [0, 0.05) is 11.4 Å². The van der Waals surface area contributed by atoms with Crippen LogP contribution >= 0.6 is 23.6 Å². The van der Waals surface area contributed by atoms with Crippen molar-refractivity contribution in [3.63, 3.8) is 0 Å². The van der Waals surface area contributed by atoms with Crippen molar-refractivity contribution < 1.29 is 9.47 Å². The number of methoxy groups -OCH3 is 2. The third kappa shape index (κ3) is 2.43. The maximum absolute atomic E-state index is 13.4. The van der Waals surface area contributed by atoms with Crippen LogP contribution in [-0.2, 0) is 0 Å². The van der Waals surface area contributed by atoms with Crippen molar-refractivity contribution in [3.8, 4) is 17.2 Å². The smallest absolute Gasteiger partial charge is 0.266 e. The highest BCUT2D eigenvalue weighted by molar-refractivity contribution is 7.73. The molecule has 2 aromatic carbocycles. The zero-order valence-corrected chi connectivity index (χ0v) is 16.1. The molecule has 0 radical (unpaired) electrons. The lowest BCUT2D eigenvalue weighted by molar-refractivity contribution is 0.401. The molecule has 132 valence electrons. The van der Waals surface area contributed by atoms with Crippen LogP contribution in [0, 0.1) is 10.9 Å². The fourth-order valence-corrected chi connectivity index (χ4v) is 4.17. The van der Waals surface area contributed by atoms with Gasteiger partial charge in [0.05, 0.1) is 30.8 Å². The lowest BCUT2D eigenvalue weighted by Gasteiger charge is -2.15. The Bertz CT molecular complexity index is 1270. The minimum absolute atomic E-state index is 0.122. The van der Waals surface area contributed by atoms with Gasteiger partial charge in [0.2, 0.25) is 0 Å². The molecule has 0 saturated carbocycles. The SMILES string of the molecule is COc1ccc(OC)c(-n2c(=O)c3cc(C)ccc3n3c(=S)scc23)c1. The maximum Gasteiger partial charge on any atom is 0.266 e. The number of thiazole rings is 1. The summed E-state index contributed by atoms with van der Waals surface area (Å²) in [6.07, 6.45) is 0. The molecule has 5 nitrogen and oxygen atoms in total. The summed E-state index contributed by atoms with van der Waals surface area (Å²) in [7, 11) is 3.17. The van der Waals surface area contributed by atoms with E-state index < -0.39 is 0 Å². The number of aromatic nitrogens is 2. The molecule has 2 aromatic heterocycles. The van der Waals surface area contributed by atoms with Crippen LogP contribution in [0.4, 0.5) is 0 Å². The zero-order valence-electron chi connectivity index (χ0n) is 14.5. The number of rotatable bonds is 3. The first kappa shape index (κ1) is 16.8. The molecule has 26 heavy (non-hydrogen) atoms.